The van der Waals surface area contributed by atoms with Crippen LogP contribution in [0.3, 0.4) is 0 Å². The summed E-state index contributed by atoms with van der Waals surface area (Å²) in [5, 5.41) is 4.64. The SMILES string of the molecule is CC1COCCN1c1nc(-c2ccc(NC(=O)NCC(F)F)cc2)nc2c1CCN(C(=O)c1cccnc1)C2. The van der Waals surface area contributed by atoms with E-state index < -0.39 is 19.0 Å². The summed E-state index contributed by atoms with van der Waals surface area (Å²) in [6, 6.07) is 9.75. The van der Waals surface area contributed by atoms with E-state index in [2.05, 4.69) is 27.4 Å². The van der Waals surface area contributed by atoms with Gasteiger partial charge >= 0.3 is 6.03 Å². The average Bonchev–Trinajstić information content (AvgIpc) is 2.96. The van der Waals surface area contributed by atoms with Crippen LogP contribution in [0.15, 0.2) is 48.8 Å². The number of anilines is 2. The molecule has 4 heterocycles. The van der Waals surface area contributed by atoms with Gasteiger partial charge in [-0.25, -0.2) is 23.5 Å². The molecule has 0 spiro atoms. The third kappa shape index (κ3) is 6.11. The first-order valence-corrected chi connectivity index (χ1v) is 12.8. The minimum Gasteiger partial charge on any atom is -0.377 e. The van der Waals surface area contributed by atoms with E-state index in [1.165, 1.54) is 0 Å². The summed E-state index contributed by atoms with van der Waals surface area (Å²) in [7, 11) is 0. The molecule has 3 amide bonds. The number of aromatic nitrogens is 3. The molecular formula is C27H29F2N7O3. The zero-order valence-electron chi connectivity index (χ0n) is 21.4. The van der Waals surface area contributed by atoms with Crippen molar-refractivity contribution in [1.29, 1.82) is 0 Å². The Bertz CT molecular complexity index is 1320. The fraction of sp³-hybridized carbons (Fsp3) is 0.370. The lowest BCUT2D eigenvalue weighted by Crippen LogP contribution is -2.45. The number of alkyl halides is 2. The number of nitrogens with one attached hydrogen (secondary N) is 2. The summed E-state index contributed by atoms with van der Waals surface area (Å²) in [5.41, 5.74) is 3.49. The number of rotatable bonds is 6. The Morgan fingerprint density at radius 1 is 1.15 bits per heavy atom. The van der Waals surface area contributed by atoms with Gasteiger partial charge in [-0.15, -0.1) is 0 Å². The van der Waals surface area contributed by atoms with E-state index in [1.807, 2.05) is 0 Å². The third-order valence-corrected chi connectivity index (χ3v) is 6.70. The molecule has 5 rings (SSSR count). The van der Waals surface area contributed by atoms with Crippen molar-refractivity contribution >= 4 is 23.4 Å². The summed E-state index contributed by atoms with van der Waals surface area (Å²) in [6.45, 7) is 4.13. The normalized spacial score (nSPS) is 17.1. The van der Waals surface area contributed by atoms with E-state index in [-0.39, 0.29) is 11.9 Å². The first-order chi connectivity index (χ1) is 18.9. The number of ether oxygens (including phenoxy) is 1. The van der Waals surface area contributed by atoms with E-state index in [9.17, 15) is 18.4 Å². The second-order valence-electron chi connectivity index (χ2n) is 9.44. The van der Waals surface area contributed by atoms with Gasteiger partial charge < -0.3 is 25.2 Å². The number of morpholine rings is 1. The molecule has 1 atom stereocenters. The Labute approximate surface area is 224 Å². The molecule has 1 saturated heterocycles. The van der Waals surface area contributed by atoms with Crippen LogP contribution in [0.2, 0.25) is 0 Å². The number of urea groups is 1. The minimum atomic E-state index is -2.63. The van der Waals surface area contributed by atoms with E-state index in [0.717, 1.165) is 17.1 Å². The molecule has 3 aromatic rings. The summed E-state index contributed by atoms with van der Waals surface area (Å²) in [5.74, 6) is 1.23. The highest BCUT2D eigenvalue weighted by Gasteiger charge is 2.30. The van der Waals surface area contributed by atoms with Crippen molar-refractivity contribution in [2.24, 2.45) is 0 Å². The fourth-order valence-corrected chi connectivity index (χ4v) is 4.71. The zero-order chi connectivity index (χ0) is 27.4. The molecule has 0 radical (unpaired) electrons. The van der Waals surface area contributed by atoms with Crippen LogP contribution in [0.5, 0.6) is 0 Å². The summed E-state index contributed by atoms with van der Waals surface area (Å²) in [4.78, 5) is 42.9. The van der Waals surface area contributed by atoms with Crippen LogP contribution in [-0.4, -0.2) is 77.1 Å². The molecular weight excluding hydrogens is 508 g/mol. The quantitative estimate of drug-likeness (QED) is 0.496. The van der Waals surface area contributed by atoms with Gasteiger partial charge in [-0.3, -0.25) is 9.78 Å². The smallest absolute Gasteiger partial charge is 0.319 e. The number of benzene rings is 1. The summed E-state index contributed by atoms with van der Waals surface area (Å²) in [6.07, 6.45) is 1.19. The molecule has 1 unspecified atom stereocenters. The van der Waals surface area contributed by atoms with Crippen molar-refractivity contribution in [3.8, 4) is 11.4 Å². The zero-order valence-corrected chi connectivity index (χ0v) is 21.4. The largest absolute Gasteiger partial charge is 0.377 e. The highest BCUT2D eigenvalue weighted by molar-refractivity contribution is 5.94. The fourth-order valence-electron chi connectivity index (χ4n) is 4.71. The minimum absolute atomic E-state index is 0.101. The van der Waals surface area contributed by atoms with Gasteiger partial charge in [0.1, 0.15) is 5.82 Å². The molecule has 0 aliphatic carbocycles. The molecule has 1 fully saturated rings. The van der Waals surface area contributed by atoms with Gasteiger partial charge in [-0.05, 0) is 49.7 Å². The molecule has 0 bridgehead atoms. The molecule has 2 aliphatic heterocycles. The van der Waals surface area contributed by atoms with Gasteiger partial charge in [-0.1, -0.05) is 0 Å². The lowest BCUT2D eigenvalue weighted by Gasteiger charge is -2.37. The number of amides is 3. The molecule has 2 N–H and O–H groups in total. The third-order valence-electron chi connectivity index (χ3n) is 6.70. The number of nitrogens with zero attached hydrogens (tertiary/aromatic N) is 5. The molecule has 2 aromatic heterocycles. The van der Waals surface area contributed by atoms with Crippen molar-refractivity contribution in [3.63, 3.8) is 0 Å². The first-order valence-electron chi connectivity index (χ1n) is 12.8. The van der Waals surface area contributed by atoms with E-state index in [0.29, 0.717) is 61.9 Å². The van der Waals surface area contributed by atoms with Crippen LogP contribution >= 0.6 is 0 Å². The maximum atomic E-state index is 13.1. The monoisotopic (exact) mass is 537 g/mol. The predicted octanol–water partition coefficient (Wildman–Crippen LogP) is 3.35. The van der Waals surface area contributed by atoms with Gasteiger partial charge in [0.15, 0.2) is 5.82 Å². The van der Waals surface area contributed by atoms with Crippen molar-refractivity contribution in [3.05, 3.63) is 65.6 Å². The number of hydrogen-bond donors (Lipinski definition) is 2. The van der Waals surface area contributed by atoms with Crippen molar-refractivity contribution in [1.82, 2.24) is 25.2 Å². The Balaban J connectivity index is 1.44. The van der Waals surface area contributed by atoms with Gasteiger partial charge in [0.2, 0.25) is 0 Å². The maximum absolute atomic E-state index is 13.1. The summed E-state index contributed by atoms with van der Waals surface area (Å²) >= 11 is 0. The molecule has 39 heavy (non-hydrogen) atoms. The van der Waals surface area contributed by atoms with E-state index >= 15 is 0 Å². The Morgan fingerprint density at radius 3 is 2.69 bits per heavy atom. The molecule has 12 heteroatoms. The van der Waals surface area contributed by atoms with Gasteiger partial charge in [0, 0.05) is 42.3 Å². The Kier molecular flexibility index (Phi) is 7.92. The second-order valence-corrected chi connectivity index (χ2v) is 9.44. The highest BCUT2D eigenvalue weighted by atomic mass is 19.3. The van der Waals surface area contributed by atoms with E-state index in [1.54, 1.807) is 53.7 Å². The van der Waals surface area contributed by atoms with Crippen molar-refractivity contribution < 1.29 is 23.1 Å². The van der Waals surface area contributed by atoms with Gasteiger partial charge in [0.25, 0.3) is 12.3 Å². The van der Waals surface area contributed by atoms with Crippen LogP contribution in [-0.2, 0) is 17.7 Å². The van der Waals surface area contributed by atoms with Crippen LogP contribution in [0.1, 0.15) is 28.5 Å². The number of fused-ring (bicyclic) bond motifs is 1. The molecule has 0 saturated carbocycles. The standard InChI is InChI=1S/C27H29F2N7O3/c1-17-16-39-12-11-36(17)25-21-8-10-35(26(37)19-3-2-9-30-13-19)15-22(21)33-24(34-25)18-4-6-20(7-5-18)32-27(38)31-14-23(28)29/h2-7,9,13,17,23H,8,10-12,14-16H2,1H3,(H2,31,32,38). The van der Waals surface area contributed by atoms with Crippen LogP contribution < -0.4 is 15.5 Å². The topological polar surface area (TPSA) is 113 Å². The molecule has 1 aromatic carbocycles. The number of halogens is 2. The van der Waals surface area contributed by atoms with Crippen LogP contribution in [0, 0.1) is 0 Å². The molecule has 204 valence electrons. The number of hydrogen-bond acceptors (Lipinski definition) is 7. The average molecular weight is 538 g/mol. The summed E-state index contributed by atoms with van der Waals surface area (Å²) < 4.78 is 30.3. The Hall–Kier alpha value is -4.19. The van der Waals surface area contributed by atoms with Gasteiger partial charge in [-0.2, -0.15) is 0 Å². The first kappa shape index (κ1) is 26.4. The number of pyridine rings is 1. The van der Waals surface area contributed by atoms with Crippen LogP contribution in [0.4, 0.5) is 25.1 Å². The molecule has 2 aliphatic rings. The van der Waals surface area contributed by atoms with Crippen molar-refractivity contribution in [2.45, 2.75) is 32.4 Å². The number of carbonyl (C=O) groups is 2. The van der Waals surface area contributed by atoms with Crippen LogP contribution in [0.25, 0.3) is 11.4 Å². The highest BCUT2D eigenvalue weighted by Crippen LogP contribution is 2.32. The van der Waals surface area contributed by atoms with Crippen molar-refractivity contribution in [2.75, 3.05) is 43.1 Å². The number of carbonyl (C=O) groups excluding carboxylic acids is 2. The van der Waals surface area contributed by atoms with E-state index in [4.69, 9.17) is 14.7 Å². The second kappa shape index (κ2) is 11.7. The predicted molar refractivity (Wildman–Crippen MR) is 141 cm³/mol. The maximum Gasteiger partial charge on any atom is 0.319 e. The lowest BCUT2D eigenvalue weighted by atomic mass is 10.0. The van der Waals surface area contributed by atoms with Gasteiger partial charge in [0.05, 0.1) is 43.6 Å². The Morgan fingerprint density at radius 2 is 1.97 bits per heavy atom. The molecule has 10 nitrogen and oxygen atoms in total. The lowest BCUT2D eigenvalue weighted by molar-refractivity contribution is 0.0731.